The number of para-hydroxylation sites is 1. The summed E-state index contributed by atoms with van der Waals surface area (Å²) >= 11 is 0. The third-order valence-corrected chi connectivity index (χ3v) is 4.50. The zero-order chi connectivity index (χ0) is 14.1. The van der Waals surface area contributed by atoms with Gasteiger partial charge in [0.25, 0.3) is 0 Å². The summed E-state index contributed by atoms with van der Waals surface area (Å²) in [5, 5.41) is 3.50. The maximum Gasteiger partial charge on any atom is 0.146 e. The predicted octanol–water partition coefficient (Wildman–Crippen LogP) is 2.22. The van der Waals surface area contributed by atoms with Crippen molar-refractivity contribution in [2.24, 2.45) is 0 Å². The van der Waals surface area contributed by atoms with Gasteiger partial charge in [-0.2, -0.15) is 0 Å². The van der Waals surface area contributed by atoms with Crippen LogP contribution >= 0.6 is 0 Å². The zero-order valence-corrected chi connectivity index (χ0v) is 12.4. The molecule has 1 aromatic carbocycles. The van der Waals surface area contributed by atoms with Crippen LogP contribution in [0.5, 0.6) is 0 Å². The van der Waals surface area contributed by atoms with Gasteiger partial charge in [-0.1, -0.05) is 12.1 Å². The highest BCUT2D eigenvalue weighted by Crippen LogP contribution is 2.28. The number of nitrogens with one attached hydrogen (secondary N) is 1. The summed E-state index contributed by atoms with van der Waals surface area (Å²) in [7, 11) is 2.14. The van der Waals surface area contributed by atoms with Gasteiger partial charge in [0.1, 0.15) is 5.82 Å². The minimum absolute atomic E-state index is 0.0862. The Kier molecular flexibility index (Phi) is 3.94. The molecule has 1 atom stereocenters. The molecule has 3 rings (SSSR count). The van der Waals surface area contributed by atoms with Gasteiger partial charge in [-0.25, -0.2) is 4.39 Å². The molecule has 2 fully saturated rings. The Hall–Kier alpha value is -1.13. The number of halogens is 1. The molecule has 2 aliphatic rings. The van der Waals surface area contributed by atoms with Crippen molar-refractivity contribution in [1.29, 1.82) is 0 Å². The zero-order valence-electron chi connectivity index (χ0n) is 12.4. The fourth-order valence-corrected chi connectivity index (χ4v) is 2.85. The second kappa shape index (κ2) is 5.70. The number of hydrogen-bond donors (Lipinski definition) is 1. The van der Waals surface area contributed by atoms with Crippen LogP contribution in [0.2, 0.25) is 0 Å². The maximum absolute atomic E-state index is 14.3. The van der Waals surface area contributed by atoms with E-state index < -0.39 is 0 Å². The fourth-order valence-electron chi connectivity index (χ4n) is 2.85. The minimum Gasteiger partial charge on any atom is -0.366 e. The highest BCUT2D eigenvalue weighted by Gasteiger charge is 2.26. The molecule has 1 N–H and O–H groups in total. The topological polar surface area (TPSA) is 18.5 Å². The molecule has 110 valence electrons. The number of anilines is 1. The van der Waals surface area contributed by atoms with E-state index in [9.17, 15) is 4.39 Å². The van der Waals surface area contributed by atoms with Crippen LogP contribution in [0.1, 0.15) is 25.3 Å². The van der Waals surface area contributed by atoms with Gasteiger partial charge in [0, 0.05) is 38.3 Å². The van der Waals surface area contributed by atoms with E-state index in [0.29, 0.717) is 12.1 Å². The van der Waals surface area contributed by atoms with Crippen LogP contribution in [0.3, 0.4) is 0 Å². The van der Waals surface area contributed by atoms with Crippen LogP contribution in [-0.2, 0) is 6.54 Å². The van der Waals surface area contributed by atoms with Gasteiger partial charge in [0.15, 0.2) is 0 Å². The van der Waals surface area contributed by atoms with E-state index in [1.54, 1.807) is 6.07 Å². The molecule has 0 bridgehead atoms. The lowest BCUT2D eigenvalue weighted by Crippen LogP contribution is -2.50. The second-order valence-electron chi connectivity index (χ2n) is 6.18. The van der Waals surface area contributed by atoms with Gasteiger partial charge < -0.3 is 15.1 Å². The van der Waals surface area contributed by atoms with Crippen molar-refractivity contribution in [3.8, 4) is 0 Å². The molecule has 1 saturated heterocycles. The normalized spacial score (nSPS) is 24.1. The molecule has 0 radical (unpaired) electrons. The molecule has 1 aromatic rings. The lowest BCUT2D eigenvalue weighted by atomic mass is 10.1. The molecule has 20 heavy (non-hydrogen) atoms. The fraction of sp³-hybridized carbons (Fsp3) is 0.625. The quantitative estimate of drug-likeness (QED) is 0.910. The first kappa shape index (κ1) is 13.8. The van der Waals surface area contributed by atoms with E-state index in [4.69, 9.17) is 0 Å². The summed E-state index contributed by atoms with van der Waals surface area (Å²) in [4.78, 5) is 4.55. The Labute approximate surface area is 120 Å². The lowest BCUT2D eigenvalue weighted by molar-refractivity contribution is 0.233. The summed E-state index contributed by atoms with van der Waals surface area (Å²) in [5.41, 5.74) is 1.90. The molecular formula is C16H24FN3. The lowest BCUT2D eigenvalue weighted by Gasteiger charge is -2.39. The van der Waals surface area contributed by atoms with Crippen LogP contribution in [0.25, 0.3) is 0 Å². The summed E-state index contributed by atoms with van der Waals surface area (Å²) in [5.74, 6) is -0.0862. The van der Waals surface area contributed by atoms with E-state index in [1.807, 2.05) is 6.07 Å². The molecule has 1 aliphatic carbocycles. The van der Waals surface area contributed by atoms with Crippen molar-refractivity contribution in [2.75, 3.05) is 31.6 Å². The minimum atomic E-state index is -0.0862. The van der Waals surface area contributed by atoms with Crippen molar-refractivity contribution in [3.63, 3.8) is 0 Å². The first-order chi connectivity index (χ1) is 9.65. The standard InChI is InChI=1S/C16H24FN3/c1-12-11-20(9-8-19(12)2)16-13(4-3-5-15(16)17)10-18-14-6-7-14/h3-5,12,14,18H,6-11H2,1-2H3. The molecular weight excluding hydrogens is 253 g/mol. The Balaban J connectivity index is 1.79. The molecule has 3 nitrogen and oxygen atoms in total. The number of piperazine rings is 1. The van der Waals surface area contributed by atoms with E-state index in [2.05, 4.69) is 35.2 Å². The number of nitrogens with zero attached hydrogens (tertiary/aromatic N) is 2. The third kappa shape index (κ3) is 2.96. The molecule has 0 spiro atoms. The van der Waals surface area contributed by atoms with Crippen molar-refractivity contribution in [2.45, 2.75) is 38.4 Å². The molecule has 4 heteroatoms. The molecule has 1 unspecified atom stereocenters. The smallest absolute Gasteiger partial charge is 0.146 e. The van der Waals surface area contributed by atoms with Gasteiger partial charge in [-0.15, -0.1) is 0 Å². The van der Waals surface area contributed by atoms with Gasteiger partial charge >= 0.3 is 0 Å². The Bertz CT molecular complexity index is 473. The SMILES string of the molecule is CC1CN(c2c(F)cccc2CNC2CC2)CCN1C. The van der Waals surface area contributed by atoms with Gasteiger partial charge in [0.2, 0.25) is 0 Å². The Morgan fingerprint density at radius 3 is 2.80 bits per heavy atom. The second-order valence-corrected chi connectivity index (χ2v) is 6.18. The van der Waals surface area contributed by atoms with Gasteiger partial charge in [0.05, 0.1) is 5.69 Å². The number of hydrogen-bond acceptors (Lipinski definition) is 3. The largest absolute Gasteiger partial charge is 0.366 e. The van der Waals surface area contributed by atoms with Crippen LogP contribution in [0.4, 0.5) is 10.1 Å². The highest BCUT2D eigenvalue weighted by atomic mass is 19.1. The molecule has 1 heterocycles. The molecule has 1 saturated carbocycles. The summed E-state index contributed by atoms with van der Waals surface area (Å²) in [6.45, 7) is 5.77. The van der Waals surface area contributed by atoms with Gasteiger partial charge in [-0.3, -0.25) is 0 Å². The molecule has 0 aromatic heterocycles. The van der Waals surface area contributed by atoms with Crippen molar-refractivity contribution < 1.29 is 4.39 Å². The number of benzene rings is 1. The van der Waals surface area contributed by atoms with Crippen LogP contribution < -0.4 is 10.2 Å². The molecule has 1 aliphatic heterocycles. The number of likely N-dealkylation sites (N-methyl/N-ethyl adjacent to an activating group) is 1. The van der Waals surface area contributed by atoms with Crippen LogP contribution in [0.15, 0.2) is 18.2 Å². The monoisotopic (exact) mass is 277 g/mol. The average Bonchev–Trinajstić information content (AvgIpc) is 3.24. The third-order valence-electron chi connectivity index (χ3n) is 4.50. The Morgan fingerprint density at radius 1 is 1.30 bits per heavy atom. The van der Waals surface area contributed by atoms with Crippen molar-refractivity contribution in [1.82, 2.24) is 10.2 Å². The highest BCUT2D eigenvalue weighted by molar-refractivity contribution is 5.55. The van der Waals surface area contributed by atoms with Crippen molar-refractivity contribution >= 4 is 5.69 Å². The first-order valence-electron chi connectivity index (χ1n) is 7.61. The van der Waals surface area contributed by atoms with Crippen molar-refractivity contribution in [3.05, 3.63) is 29.6 Å². The predicted molar refractivity (Wildman–Crippen MR) is 80.6 cm³/mol. The first-order valence-corrected chi connectivity index (χ1v) is 7.61. The summed E-state index contributed by atoms with van der Waals surface area (Å²) < 4.78 is 14.3. The van der Waals surface area contributed by atoms with Crippen LogP contribution in [0, 0.1) is 5.82 Å². The van der Waals surface area contributed by atoms with E-state index >= 15 is 0 Å². The summed E-state index contributed by atoms with van der Waals surface area (Å²) in [6.07, 6.45) is 2.52. The van der Waals surface area contributed by atoms with Gasteiger partial charge in [-0.05, 0) is 38.4 Å². The summed E-state index contributed by atoms with van der Waals surface area (Å²) in [6, 6.07) is 6.57. The number of rotatable bonds is 4. The van der Waals surface area contributed by atoms with E-state index in [-0.39, 0.29) is 5.82 Å². The van der Waals surface area contributed by atoms with Crippen LogP contribution in [-0.4, -0.2) is 43.7 Å². The van der Waals surface area contributed by atoms with E-state index in [1.165, 1.54) is 12.8 Å². The maximum atomic E-state index is 14.3. The Morgan fingerprint density at radius 2 is 2.10 bits per heavy atom. The van der Waals surface area contributed by atoms with E-state index in [0.717, 1.165) is 37.4 Å². The molecule has 0 amide bonds. The average molecular weight is 277 g/mol.